The van der Waals surface area contributed by atoms with E-state index in [0.717, 1.165) is 25.3 Å². The lowest BCUT2D eigenvalue weighted by atomic mass is 9.95. The number of pyridine rings is 1. The molecular formula is C25H34F2N4O3. The van der Waals surface area contributed by atoms with Crippen molar-refractivity contribution in [1.82, 2.24) is 20.1 Å². The predicted molar refractivity (Wildman–Crippen MR) is 127 cm³/mol. The maximum atomic E-state index is 12.4. The number of hydrogen-bond acceptors (Lipinski definition) is 7. The van der Waals surface area contributed by atoms with Gasteiger partial charge in [-0.1, -0.05) is 44.6 Å². The van der Waals surface area contributed by atoms with E-state index in [1.807, 2.05) is 26.8 Å². The molecule has 2 aromatic heterocycles. The molecule has 1 atom stereocenters. The highest BCUT2D eigenvalue weighted by Crippen LogP contribution is 2.29. The minimum absolute atomic E-state index is 0.0000352. The first-order chi connectivity index (χ1) is 16.4. The van der Waals surface area contributed by atoms with Crippen molar-refractivity contribution in [3.05, 3.63) is 47.4 Å². The highest BCUT2D eigenvalue weighted by atomic mass is 19.3. The minimum atomic E-state index is -3.05. The van der Waals surface area contributed by atoms with Gasteiger partial charge in [-0.05, 0) is 58.3 Å². The monoisotopic (exact) mass is 476 g/mol. The van der Waals surface area contributed by atoms with Crippen LogP contribution in [0, 0.1) is 0 Å². The van der Waals surface area contributed by atoms with Crippen LogP contribution in [0.5, 0.6) is 5.88 Å². The Morgan fingerprint density at radius 2 is 1.94 bits per heavy atom. The highest BCUT2D eigenvalue weighted by Gasteiger charge is 2.19. The average molecular weight is 477 g/mol. The first-order valence-corrected chi connectivity index (χ1v) is 11.7. The molecule has 0 radical (unpaired) electrons. The largest absolute Gasteiger partial charge is 0.419 e. The van der Waals surface area contributed by atoms with Crippen LogP contribution >= 0.6 is 0 Å². The van der Waals surface area contributed by atoms with Crippen LogP contribution in [0.2, 0.25) is 0 Å². The third-order valence-corrected chi connectivity index (χ3v) is 5.25. The molecule has 0 aromatic carbocycles. The van der Waals surface area contributed by atoms with Crippen LogP contribution in [0.15, 0.2) is 40.4 Å². The number of carbonyl (C=O) groups is 1. The fourth-order valence-corrected chi connectivity index (χ4v) is 3.57. The number of ether oxygens (including phenoxy) is 1. The second-order valence-electron chi connectivity index (χ2n) is 7.97. The van der Waals surface area contributed by atoms with Gasteiger partial charge in [0.05, 0.1) is 0 Å². The van der Waals surface area contributed by atoms with Crippen LogP contribution in [-0.4, -0.2) is 53.1 Å². The molecule has 1 aliphatic heterocycles. The van der Waals surface area contributed by atoms with E-state index < -0.39 is 6.61 Å². The number of carbonyl (C=O) groups excluding carboxylic acids is 1. The molecule has 1 aliphatic carbocycles. The zero-order valence-corrected chi connectivity index (χ0v) is 20.3. The Balaban J connectivity index is 0.000000437. The predicted octanol–water partition coefficient (Wildman–Crippen LogP) is 6.05. The van der Waals surface area contributed by atoms with Gasteiger partial charge in [0.2, 0.25) is 11.8 Å². The summed E-state index contributed by atoms with van der Waals surface area (Å²) in [5.41, 5.74) is 1.53. The van der Waals surface area contributed by atoms with Gasteiger partial charge in [-0.25, -0.2) is 4.98 Å². The summed E-state index contributed by atoms with van der Waals surface area (Å²) in [6, 6.07) is 2.49. The minimum Gasteiger partial charge on any atom is -0.419 e. The molecule has 4 rings (SSSR count). The van der Waals surface area contributed by atoms with Gasteiger partial charge in [0.25, 0.3) is 5.89 Å². The standard InChI is InChI=1S/C18H17F2N3O3.C5H11N.C2H6/c1-11(7-12-5-3-2-4-6-12)16-22-23-17(26-16)14-8-13(10-24)9-15(21-14)25-18(19)20;1-6-4-2-3-5-6;1-2/h2-3,5,8-11,18H,4,6-7H2,1H3;2-5H2,1H3;1-2H3. The molecule has 2 aliphatic rings. The van der Waals surface area contributed by atoms with Gasteiger partial charge >= 0.3 is 6.61 Å². The average Bonchev–Trinajstić information content (AvgIpc) is 3.53. The van der Waals surface area contributed by atoms with E-state index in [4.69, 9.17) is 4.42 Å². The van der Waals surface area contributed by atoms with E-state index in [0.29, 0.717) is 12.2 Å². The van der Waals surface area contributed by atoms with Crippen LogP contribution in [0.3, 0.4) is 0 Å². The first-order valence-electron chi connectivity index (χ1n) is 11.7. The van der Waals surface area contributed by atoms with Crippen molar-refractivity contribution < 1.29 is 22.7 Å². The van der Waals surface area contributed by atoms with Crippen molar-refractivity contribution in [2.75, 3.05) is 20.1 Å². The number of allylic oxidation sites excluding steroid dienone is 4. The van der Waals surface area contributed by atoms with Crippen molar-refractivity contribution in [3.63, 3.8) is 0 Å². The quantitative estimate of drug-likeness (QED) is 0.450. The Morgan fingerprint density at radius 1 is 1.21 bits per heavy atom. The molecule has 0 saturated carbocycles. The number of hydrogen-bond donors (Lipinski definition) is 0. The zero-order valence-electron chi connectivity index (χ0n) is 20.3. The Labute approximate surface area is 199 Å². The fraction of sp³-hybridized carbons (Fsp3) is 0.520. The smallest absolute Gasteiger partial charge is 0.388 e. The summed E-state index contributed by atoms with van der Waals surface area (Å²) >= 11 is 0. The van der Waals surface area contributed by atoms with E-state index in [1.54, 1.807) is 0 Å². The molecule has 3 heterocycles. The van der Waals surface area contributed by atoms with Gasteiger partial charge in [0.15, 0.2) is 0 Å². The third-order valence-electron chi connectivity index (χ3n) is 5.25. The van der Waals surface area contributed by atoms with Crippen LogP contribution in [0.4, 0.5) is 8.78 Å². The number of likely N-dealkylation sites (tertiary alicyclic amines) is 1. The molecule has 0 spiro atoms. The summed E-state index contributed by atoms with van der Waals surface area (Å²) < 4.78 is 34.7. The summed E-state index contributed by atoms with van der Waals surface area (Å²) in [6.07, 6.45) is 12.4. The number of aromatic nitrogens is 3. The number of rotatable bonds is 7. The van der Waals surface area contributed by atoms with Crippen molar-refractivity contribution in [2.24, 2.45) is 0 Å². The van der Waals surface area contributed by atoms with Crippen LogP contribution in [-0.2, 0) is 0 Å². The number of halogens is 2. The molecule has 0 bridgehead atoms. The van der Waals surface area contributed by atoms with E-state index >= 15 is 0 Å². The molecule has 1 fully saturated rings. The molecule has 1 unspecified atom stereocenters. The SMILES string of the molecule is CC.CC(CC1=CC=CCC1)c1nnc(-c2cc(C=O)cc(OC(F)F)n2)o1.CN1CCCC1. The Kier molecular flexibility index (Phi) is 11.5. The number of nitrogens with zero attached hydrogens (tertiary/aromatic N) is 4. The van der Waals surface area contributed by atoms with E-state index in [1.165, 1.54) is 37.6 Å². The van der Waals surface area contributed by atoms with Crippen molar-refractivity contribution in [1.29, 1.82) is 0 Å². The Hall–Kier alpha value is -2.94. The molecule has 7 nitrogen and oxygen atoms in total. The van der Waals surface area contributed by atoms with Gasteiger partial charge in [-0.3, -0.25) is 4.79 Å². The molecule has 0 N–H and O–H groups in total. The second kappa shape index (κ2) is 14.3. The Morgan fingerprint density at radius 3 is 2.50 bits per heavy atom. The first kappa shape index (κ1) is 27.3. The topological polar surface area (TPSA) is 81.3 Å². The van der Waals surface area contributed by atoms with Crippen LogP contribution in [0.1, 0.15) is 75.0 Å². The van der Waals surface area contributed by atoms with E-state index in [2.05, 4.69) is 44.0 Å². The van der Waals surface area contributed by atoms with Gasteiger partial charge in [-0.15, -0.1) is 10.2 Å². The maximum Gasteiger partial charge on any atom is 0.388 e. The summed E-state index contributed by atoms with van der Waals surface area (Å²) in [6.45, 7) is 5.56. The van der Waals surface area contributed by atoms with Gasteiger partial charge in [0.1, 0.15) is 12.0 Å². The molecular weight excluding hydrogens is 442 g/mol. The van der Waals surface area contributed by atoms with Crippen molar-refractivity contribution in [3.8, 4) is 17.5 Å². The number of aldehydes is 1. The molecule has 1 saturated heterocycles. The van der Waals surface area contributed by atoms with E-state index in [-0.39, 0.29) is 28.9 Å². The van der Waals surface area contributed by atoms with E-state index in [9.17, 15) is 13.6 Å². The van der Waals surface area contributed by atoms with Gasteiger partial charge in [0, 0.05) is 17.5 Å². The van der Waals surface area contributed by atoms with Crippen LogP contribution in [0.25, 0.3) is 11.6 Å². The molecule has 2 aromatic rings. The number of alkyl halides is 2. The lowest BCUT2D eigenvalue weighted by molar-refractivity contribution is -0.0528. The molecule has 186 valence electrons. The highest BCUT2D eigenvalue weighted by molar-refractivity contribution is 5.77. The van der Waals surface area contributed by atoms with Crippen molar-refractivity contribution in [2.45, 2.75) is 65.4 Å². The normalized spacial score (nSPS) is 16.1. The second-order valence-corrected chi connectivity index (χ2v) is 7.97. The van der Waals surface area contributed by atoms with Crippen molar-refractivity contribution >= 4 is 6.29 Å². The zero-order chi connectivity index (χ0) is 24.9. The van der Waals surface area contributed by atoms with Crippen LogP contribution < -0.4 is 4.74 Å². The van der Waals surface area contributed by atoms with Gasteiger partial charge < -0.3 is 14.1 Å². The lowest BCUT2D eigenvalue weighted by Gasteiger charge is -2.12. The molecule has 9 heteroatoms. The lowest BCUT2D eigenvalue weighted by Crippen LogP contribution is -2.10. The maximum absolute atomic E-state index is 12.4. The van der Waals surface area contributed by atoms with Gasteiger partial charge in [-0.2, -0.15) is 8.78 Å². The summed E-state index contributed by atoms with van der Waals surface area (Å²) in [7, 11) is 2.17. The third kappa shape index (κ3) is 8.78. The summed E-state index contributed by atoms with van der Waals surface area (Å²) in [4.78, 5) is 17.3. The molecule has 34 heavy (non-hydrogen) atoms. The summed E-state index contributed by atoms with van der Waals surface area (Å²) in [5.74, 6) is 0.0869. The Bertz CT molecular complexity index is 953. The molecule has 0 amide bonds. The fourth-order valence-electron chi connectivity index (χ4n) is 3.57. The summed E-state index contributed by atoms with van der Waals surface area (Å²) in [5, 5.41) is 7.95.